The number of aromatic nitrogens is 1. The third kappa shape index (κ3) is 7.66. The molecule has 3 amide bonds. The highest BCUT2D eigenvalue weighted by molar-refractivity contribution is 6.40. The Hall–Kier alpha value is -5.23. The van der Waals surface area contributed by atoms with Crippen molar-refractivity contribution in [1.82, 2.24) is 20.5 Å². The Labute approximate surface area is 277 Å². The monoisotopic (exact) mass is 655 g/mol. The summed E-state index contributed by atoms with van der Waals surface area (Å²) in [7, 11) is 1.55. The van der Waals surface area contributed by atoms with E-state index in [0.717, 1.165) is 44.8 Å². The molecule has 6 rings (SSSR count). The molecule has 250 valence electrons. The molecule has 4 aromatic rings. The van der Waals surface area contributed by atoms with Gasteiger partial charge in [-0.3, -0.25) is 19.4 Å². The average molecular weight is 656 g/mol. The number of amides is 3. The molecule has 2 fully saturated rings. The fourth-order valence-electron chi connectivity index (χ4n) is 5.96. The van der Waals surface area contributed by atoms with E-state index in [9.17, 15) is 14.4 Å². The molecule has 0 aliphatic carbocycles. The number of fused-ring (bicyclic) bond motifs is 1. The van der Waals surface area contributed by atoms with Crippen LogP contribution in [0.1, 0.15) is 37.3 Å². The number of carbonyl (C=O) groups is 3. The second-order valence-corrected chi connectivity index (χ2v) is 11.9. The van der Waals surface area contributed by atoms with Gasteiger partial charge in [-0.15, -0.1) is 0 Å². The van der Waals surface area contributed by atoms with Gasteiger partial charge in [0.2, 0.25) is 5.91 Å². The molecule has 0 radical (unpaired) electrons. The highest BCUT2D eigenvalue weighted by atomic mass is 19.1. The number of hydrogen-bond acceptors (Lipinski definition) is 8. The number of nitrogens with one attached hydrogen (secondary N) is 3. The molecule has 2 aliphatic heterocycles. The maximum absolute atomic E-state index is 15.3. The molecule has 3 N–H and O–H groups in total. The highest BCUT2D eigenvalue weighted by Gasteiger charge is 2.31. The lowest BCUT2D eigenvalue weighted by Gasteiger charge is -2.24. The quantitative estimate of drug-likeness (QED) is 0.204. The molecule has 0 bridgehead atoms. The lowest BCUT2D eigenvalue weighted by molar-refractivity contribution is -0.140. The molecule has 1 atom stereocenters. The summed E-state index contributed by atoms with van der Waals surface area (Å²) in [5, 5.41) is 8.91. The van der Waals surface area contributed by atoms with Crippen LogP contribution in [0.25, 0.3) is 10.9 Å². The Morgan fingerprint density at radius 2 is 1.71 bits per heavy atom. The van der Waals surface area contributed by atoms with Gasteiger partial charge in [0.05, 0.1) is 19.2 Å². The van der Waals surface area contributed by atoms with Crippen molar-refractivity contribution in [3.63, 3.8) is 0 Å². The zero-order valence-electron chi connectivity index (χ0n) is 26.7. The summed E-state index contributed by atoms with van der Waals surface area (Å²) in [6, 6.07) is 16.7. The number of hydrogen-bond donors (Lipinski definition) is 3. The number of anilines is 1. The number of likely N-dealkylation sites (tertiary alicyclic amines) is 1. The van der Waals surface area contributed by atoms with Gasteiger partial charge in [0, 0.05) is 42.5 Å². The van der Waals surface area contributed by atoms with Crippen molar-refractivity contribution >= 4 is 34.3 Å². The molecule has 0 saturated carbocycles. The minimum absolute atomic E-state index is 0.0407. The number of carbonyl (C=O) groups excluding carboxylic acids is 3. The predicted octanol–water partition coefficient (Wildman–Crippen LogP) is 4.97. The lowest BCUT2D eigenvalue weighted by Crippen LogP contribution is -2.45. The first-order valence-electron chi connectivity index (χ1n) is 16.1. The van der Waals surface area contributed by atoms with E-state index in [1.54, 1.807) is 66.7 Å². The first kappa shape index (κ1) is 32.7. The van der Waals surface area contributed by atoms with Crippen molar-refractivity contribution < 1.29 is 33.0 Å². The van der Waals surface area contributed by atoms with Gasteiger partial charge in [0.1, 0.15) is 11.8 Å². The zero-order valence-corrected chi connectivity index (χ0v) is 26.7. The van der Waals surface area contributed by atoms with E-state index in [1.807, 2.05) is 0 Å². The van der Waals surface area contributed by atoms with Crippen LogP contribution in [0.5, 0.6) is 23.0 Å². The minimum Gasteiger partial charge on any atom is -0.493 e. The molecule has 1 aromatic heterocycles. The minimum atomic E-state index is -1.04. The Balaban J connectivity index is 1.13. The number of ether oxygens (including phenoxy) is 3. The standard InChI is InChI=1S/C36H38FN5O6/c1-46-31-20-26-28(21-32(31)47-22-23-11-14-38-15-12-23)39-16-13-29(26)48-30-10-9-25(19-27(30)37)40-34(43)35(44)41-33(24-7-3-2-4-8-24)36(45)42-17-5-6-18-42/h2-4,7-10,13,16,19-21,23,33,38H,5-6,11-12,14-15,17-18,22H2,1H3,(H,40,43)(H,41,44). The van der Waals surface area contributed by atoms with Crippen LogP contribution in [0, 0.1) is 11.7 Å². The number of methoxy groups -OCH3 is 1. The largest absolute Gasteiger partial charge is 0.493 e. The maximum atomic E-state index is 15.3. The number of halogens is 1. The molecule has 11 nitrogen and oxygen atoms in total. The van der Waals surface area contributed by atoms with Gasteiger partial charge in [-0.2, -0.15) is 0 Å². The summed E-state index contributed by atoms with van der Waals surface area (Å²) in [5.41, 5.74) is 1.19. The number of piperidine rings is 1. The fraction of sp³-hybridized carbons (Fsp3) is 0.333. The van der Waals surface area contributed by atoms with Crippen molar-refractivity contribution in [2.24, 2.45) is 5.92 Å². The zero-order chi connectivity index (χ0) is 33.5. The van der Waals surface area contributed by atoms with Gasteiger partial charge in [-0.05, 0) is 74.5 Å². The second-order valence-electron chi connectivity index (χ2n) is 11.9. The van der Waals surface area contributed by atoms with Crippen LogP contribution in [0.4, 0.5) is 10.1 Å². The van der Waals surface area contributed by atoms with E-state index >= 15 is 4.39 Å². The van der Waals surface area contributed by atoms with Crippen LogP contribution in [0.15, 0.2) is 72.9 Å². The molecule has 12 heteroatoms. The molecule has 3 aromatic carbocycles. The third-order valence-corrected chi connectivity index (χ3v) is 8.61. The highest BCUT2D eigenvalue weighted by Crippen LogP contribution is 2.38. The van der Waals surface area contributed by atoms with Gasteiger partial charge in [-0.1, -0.05) is 30.3 Å². The first-order chi connectivity index (χ1) is 23.4. The van der Waals surface area contributed by atoms with E-state index in [4.69, 9.17) is 14.2 Å². The Bertz CT molecular complexity index is 1780. The predicted molar refractivity (Wildman–Crippen MR) is 178 cm³/mol. The summed E-state index contributed by atoms with van der Waals surface area (Å²) < 4.78 is 33.0. The molecule has 2 saturated heterocycles. The van der Waals surface area contributed by atoms with Crippen LogP contribution in [0.3, 0.4) is 0 Å². The Morgan fingerprint density at radius 1 is 0.938 bits per heavy atom. The van der Waals surface area contributed by atoms with E-state index in [-0.39, 0.29) is 17.3 Å². The topological polar surface area (TPSA) is 131 Å². The second kappa shape index (κ2) is 15.1. The molecule has 1 unspecified atom stereocenters. The summed E-state index contributed by atoms with van der Waals surface area (Å²) in [5.74, 6) is -1.34. The van der Waals surface area contributed by atoms with Gasteiger partial charge >= 0.3 is 11.8 Å². The van der Waals surface area contributed by atoms with Crippen LogP contribution < -0.4 is 30.2 Å². The maximum Gasteiger partial charge on any atom is 0.313 e. The SMILES string of the molecule is COc1cc2c(Oc3ccc(NC(=O)C(=O)NC(C(=O)N4CCCC4)c4ccccc4)cc3F)ccnc2cc1OCC1CCNCC1. The van der Waals surface area contributed by atoms with E-state index in [0.29, 0.717) is 59.3 Å². The molecule has 0 spiro atoms. The number of rotatable bonds is 10. The van der Waals surface area contributed by atoms with Crippen molar-refractivity contribution in [3.8, 4) is 23.0 Å². The van der Waals surface area contributed by atoms with Crippen molar-refractivity contribution in [1.29, 1.82) is 0 Å². The van der Waals surface area contributed by atoms with Crippen molar-refractivity contribution in [2.75, 3.05) is 45.2 Å². The summed E-state index contributed by atoms with van der Waals surface area (Å²) >= 11 is 0. The van der Waals surface area contributed by atoms with Gasteiger partial charge < -0.3 is 35.1 Å². The van der Waals surface area contributed by atoms with Gasteiger partial charge in [0.25, 0.3) is 0 Å². The summed E-state index contributed by atoms with van der Waals surface area (Å²) in [6.07, 6.45) is 5.41. The summed E-state index contributed by atoms with van der Waals surface area (Å²) in [6.45, 7) is 3.70. The van der Waals surface area contributed by atoms with E-state index in [1.165, 1.54) is 12.1 Å². The molecular formula is C36H38FN5O6. The third-order valence-electron chi connectivity index (χ3n) is 8.61. The normalized spacial score (nSPS) is 15.5. The number of benzene rings is 3. The number of nitrogens with zero attached hydrogens (tertiary/aromatic N) is 2. The molecule has 48 heavy (non-hydrogen) atoms. The van der Waals surface area contributed by atoms with Crippen LogP contribution in [-0.4, -0.2) is 67.5 Å². The fourth-order valence-corrected chi connectivity index (χ4v) is 5.96. The van der Waals surface area contributed by atoms with Gasteiger partial charge in [0.15, 0.2) is 23.1 Å². The van der Waals surface area contributed by atoms with Gasteiger partial charge in [-0.25, -0.2) is 4.39 Å². The molecular weight excluding hydrogens is 617 g/mol. The van der Waals surface area contributed by atoms with Crippen LogP contribution in [-0.2, 0) is 14.4 Å². The smallest absolute Gasteiger partial charge is 0.313 e. The summed E-state index contributed by atoms with van der Waals surface area (Å²) in [4.78, 5) is 45.1. The Morgan fingerprint density at radius 3 is 2.44 bits per heavy atom. The van der Waals surface area contributed by atoms with E-state index in [2.05, 4.69) is 20.9 Å². The van der Waals surface area contributed by atoms with Crippen LogP contribution >= 0.6 is 0 Å². The Kier molecular flexibility index (Phi) is 10.3. The van der Waals surface area contributed by atoms with Crippen molar-refractivity contribution in [3.05, 3.63) is 84.3 Å². The average Bonchev–Trinajstić information content (AvgIpc) is 3.66. The first-order valence-corrected chi connectivity index (χ1v) is 16.1. The molecule has 3 heterocycles. The lowest BCUT2D eigenvalue weighted by atomic mass is 9.99. The van der Waals surface area contributed by atoms with E-state index < -0.39 is 23.7 Å². The molecule has 2 aliphatic rings. The number of pyridine rings is 1. The van der Waals surface area contributed by atoms with Crippen LogP contribution in [0.2, 0.25) is 0 Å². The van der Waals surface area contributed by atoms with Crippen molar-refractivity contribution in [2.45, 2.75) is 31.7 Å².